The van der Waals surface area contributed by atoms with Gasteiger partial charge in [0, 0.05) is 10.4 Å². The summed E-state index contributed by atoms with van der Waals surface area (Å²) in [5, 5.41) is 1.89. The van der Waals surface area contributed by atoms with Crippen LogP contribution in [-0.2, 0) is 9.53 Å². The van der Waals surface area contributed by atoms with Crippen molar-refractivity contribution in [3.63, 3.8) is 0 Å². The second-order valence-corrected chi connectivity index (χ2v) is 9.06. The molecule has 3 heterocycles. The van der Waals surface area contributed by atoms with E-state index in [0.717, 1.165) is 4.88 Å². The Labute approximate surface area is 180 Å². The molecule has 154 valence electrons. The molecule has 2 aromatic heterocycles. The van der Waals surface area contributed by atoms with Crippen molar-refractivity contribution < 1.29 is 13.9 Å². The van der Waals surface area contributed by atoms with Gasteiger partial charge in [-0.15, -0.1) is 11.3 Å². The summed E-state index contributed by atoms with van der Waals surface area (Å²) in [6, 6.07) is 9.39. The number of hydrogen-bond acceptors (Lipinski definition) is 6. The van der Waals surface area contributed by atoms with Crippen molar-refractivity contribution in [1.29, 1.82) is 0 Å². The van der Waals surface area contributed by atoms with Gasteiger partial charge in [-0.1, -0.05) is 35.6 Å². The number of fused-ring (bicyclic) bond motifs is 1. The highest BCUT2D eigenvalue weighted by Crippen LogP contribution is 2.33. The molecule has 1 aromatic carbocycles. The van der Waals surface area contributed by atoms with Crippen LogP contribution in [-0.4, -0.2) is 16.6 Å². The summed E-state index contributed by atoms with van der Waals surface area (Å²) < 4.78 is 21.4. The van der Waals surface area contributed by atoms with Gasteiger partial charge in [-0.3, -0.25) is 9.36 Å². The Morgan fingerprint density at radius 3 is 2.70 bits per heavy atom. The summed E-state index contributed by atoms with van der Waals surface area (Å²) in [6.45, 7) is 5.29. The van der Waals surface area contributed by atoms with E-state index in [9.17, 15) is 14.0 Å². The SMILES string of the molecule is CC1=C(C(=O)OC(C)C)C(c2cccs2)n2c(s/c(=C/c3ccccc3F)c2=O)=N1. The fraction of sp³-hybridized carbons (Fsp3) is 0.227. The summed E-state index contributed by atoms with van der Waals surface area (Å²) in [5.41, 5.74) is 0.863. The molecule has 1 unspecified atom stereocenters. The minimum Gasteiger partial charge on any atom is -0.459 e. The number of benzene rings is 1. The number of halogens is 1. The van der Waals surface area contributed by atoms with Crippen LogP contribution in [0.5, 0.6) is 0 Å². The predicted molar refractivity (Wildman–Crippen MR) is 116 cm³/mol. The molecule has 4 rings (SSSR count). The number of hydrogen-bond donors (Lipinski definition) is 0. The Morgan fingerprint density at radius 2 is 2.03 bits per heavy atom. The lowest BCUT2D eigenvalue weighted by Gasteiger charge is -2.24. The first kappa shape index (κ1) is 20.4. The first-order chi connectivity index (χ1) is 14.4. The third-order valence-corrected chi connectivity index (χ3v) is 6.50. The normalized spacial score (nSPS) is 16.6. The van der Waals surface area contributed by atoms with Crippen molar-refractivity contribution in [2.75, 3.05) is 0 Å². The molecule has 30 heavy (non-hydrogen) atoms. The van der Waals surface area contributed by atoms with Crippen LogP contribution >= 0.6 is 22.7 Å². The zero-order valence-corrected chi connectivity index (χ0v) is 18.2. The fourth-order valence-corrected chi connectivity index (χ4v) is 5.17. The van der Waals surface area contributed by atoms with Gasteiger partial charge in [-0.2, -0.15) is 0 Å². The standard InChI is InChI=1S/C22H19FN2O3S2/c1-12(2)28-21(27)18-13(3)24-22-25(19(18)16-9-6-10-29-16)20(26)17(30-22)11-14-7-4-5-8-15(14)23/h4-12,19H,1-3H3/b17-11+. The number of nitrogens with zero attached hydrogens (tertiary/aromatic N) is 2. The van der Waals surface area contributed by atoms with Crippen molar-refractivity contribution in [2.45, 2.75) is 32.9 Å². The number of esters is 1. The van der Waals surface area contributed by atoms with Crippen LogP contribution in [0.3, 0.4) is 0 Å². The predicted octanol–water partition coefficient (Wildman–Crippen LogP) is 3.39. The summed E-state index contributed by atoms with van der Waals surface area (Å²) in [7, 11) is 0. The third-order valence-electron chi connectivity index (χ3n) is 4.59. The summed E-state index contributed by atoms with van der Waals surface area (Å²) in [6.07, 6.45) is 1.23. The van der Waals surface area contributed by atoms with Crippen LogP contribution in [0.4, 0.5) is 4.39 Å². The number of thiazole rings is 1. The molecule has 0 bridgehead atoms. The summed E-state index contributed by atoms with van der Waals surface area (Å²) >= 11 is 2.63. The minimum atomic E-state index is -0.629. The molecule has 1 aliphatic heterocycles. The van der Waals surface area contributed by atoms with Crippen LogP contribution in [0, 0.1) is 5.82 Å². The summed E-state index contributed by atoms with van der Waals surface area (Å²) in [5.74, 6) is -0.899. The van der Waals surface area contributed by atoms with Crippen molar-refractivity contribution >= 4 is 34.7 Å². The molecule has 0 fully saturated rings. The molecule has 0 saturated heterocycles. The largest absolute Gasteiger partial charge is 0.459 e. The molecular formula is C22H19FN2O3S2. The minimum absolute atomic E-state index is 0.299. The van der Waals surface area contributed by atoms with Crippen LogP contribution in [0.25, 0.3) is 6.08 Å². The summed E-state index contributed by atoms with van der Waals surface area (Å²) in [4.78, 5) is 32.0. The molecule has 8 heteroatoms. The molecule has 0 spiro atoms. The maximum absolute atomic E-state index is 14.1. The number of carbonyl (C=O) groups is 1. The van der Waals surface area contributed by atoms with E-state index in [1.165, 1.54) is 39.4 Å². The number of allylic oxidation sites excluding steroid dienone is 1. The zero-order chi connectivity index (χ0) is 21.4. The van der Waals surface area contributed by atoms with Crippen LogP contribution in [0.2, 0.25) is 0 Å². The quantitative estimate of drug-likeness (QED) is 0.582. The highest BCUT2D eigenvalue weighted by Gasteiger charge is 2.34. The first-order valence-electron chi connectivity index (χ1n) is 9.38. The molecule has 5 nitrogen and oxygen atoms in total. The number of carbonyl (C=O) groups excluding carboxylic acids is 1. The molecule has 0 amide bonds. The maximum Gasteiger partial charge on any atom is 0.338 e. The molecule has 1 atom stereocenters. The second kappa shape index (κ2) is 8.12. The van der Waals surface area contributed by atoms with Gasteiger partial charge in [0.1, 0.15) is 11.9 Å². The topological polar surface area (TPSA) is 60.7 Å². The van der Waals surface area contributed by atoms with Crippen LogP contribution in [0.15, 0.2) is 62.8 Å². The smallest absolute Gasteiger partial charge is 0.338 e. The van der Waals surface area contributed by atoms with E-state index in [4.69, 9.17) is 4.74 Å². The monoisotopic (exact) mass is 442 g/mol. The van der Waals surface area contributed by atoms with Crippen molar-refractivity contribution in [1.82, 2.24) is 4.57 Å². The van der Waals surface area contributed by atoms with E-state index < -0.39 is 17.8 Å². The van der Waals surface area contributed by atoms with Gasteiger partial charge in [-0.05, 0) is 44.4 Å². The van der Waals surface area contributed by atoms with E-state index in [1.807, 2.05) is 17.5 Å². The maximum atomic E-state index is 14.1. The zero-order valence-electron chi connectivity index (χ0n) is 16.6. The van der Waals surface area contributed by atoms with Crippen molar-refractivity contribution in [3.05, 3.63) is 89.0 Å². The van der Waals surface area contributed by atoms with Gasteiger partial charge < -0.3 is 4.74 Å². The van der Waals surface area contributed by atoms with Crippen molar-refractivity contribution in [2.24, 2.45) is 4.99 Å². The van der Waals surface area contributed by atoms with Crippen LogP contribution < -0.4 is 14.9 Å². The lowest BCUT2D eigenvalue weighted by Crippen LogP contribution is -2.39. The van der Waals surface area contributed by atoms with E-state index >= 15 is 0 Å². The number of ether oxygens (including phenoxy) is 1. The van der Waals surface area contributed by atoms with Gasteiger partial charge in [0.05, 0.1) is 21.9 Å². The number of aromatic nitrogens is 1. The Hall–Kier alpha value is -2.84. The Bertz CT molecular complexity index is 1320. The lowest BCUT2D eigenvalue weighted by atomic mass is 10.0. The Kier molecular flexibility index (Phi) is 5.53. The number of rotatable bonds is 4. The van der Waals surface area contributed by atoms with E-state index in [2.05, 4.69) is 4.99 Å². The Balaban J connectivity index is 1.94. The van der Waals surface area contributed by atoms with Crippen molar-refractivity contribution in [3.8, 4) is 0 Å². The highest BCUT2D eigenvalue weighted by atomic mass is 32.1. The van der Waals surface area contributed by atoms with Gasteiger partial charge in [0.25, 0.3) is 5.56 Å². The molecule has 0 radical (unpaired) electrons. The second-order valence-electron chi connectivity index (χ2n) is 7.07. The molecular weight excluding hydrogens is 423 g/mol. The van der Waals surface area contributed by atoms with Gasteiger partial charge >= 0.3 is 5.97 Å². The van der Waals surface area contributed by atoms with E-state index in [-0.39, 0.29) is 11.7 Å². The van der Waals surface area contributed by atoms with Crippen LogP contribution in [0.1, 0.15) is 37.3 Å². The average molecular weight is 443 g/mol. The lowest BCUT2D eigenvalue weighted by molar-refractivity contribution is -0.143. The number of thiophene rings is 1. The van der Waals surface area contributed by atoms with E-state index in [0.29, 0.717) is 26.2 Å². The molecule has 0 aliphatic carbocycles. The van der Waals surface area contributed by atoms with Gasteiger partial charge in [-0.25, -0.2) is 14.2 Å². The third kappa shape index (κ3) is 3.68. The Morgan fingerprint density at radius 1 is 1.27 bits per heavy atom. The average Bonchev–Trinajstić information content (AvgIpc) is 3.31. The van der Waals surface area contributed by atoms with Gasteiger partial charge in [0.2, 0.25) is 0 Å². The molecule has 1 aliphatic rings. The molecule has 0 N–H and O–H groups in total. The molecule has 0 saturated carbocycles. The van der Waals surface area contributed by atoms with E-state index in [1.54, 1.807) is 39.0 Å². The van der Waals surface area contributed by atoms with Gasteiger partial charge in [0.15, 0.2) is 4.80 Å². The first-order valence-corrected chi connectivity index (χ1v) is 11.1. The molecule has 3 aromatic rings. The highest BCUT2D eigenvalue weighted by molar-refractivity contribution is 7.10. The fourth-order valence-electron chi connectivity index (χ4n) is 3.31.